The van der Waals surface area contributed by atoms with Gasteiger partial charge in [0.2, 0.25) is 10.0 Å². The zero-order valence-corrected chi connectivity index (χ0v) is 14.6. The monoisotopic (exact) mass is 360 g/mol. The summed E-state index contributed by atoms with van der Waals surface area (Å²) in [6, 6.07) is 12.0. The second-order valence-corrected chi connectivity index (χ2v) is 7.23. The number of amides is 1. The van der Waals surface area contributed by atoms with E-state index in [1.54, 1.807) is 31.2 Å². The van der Waals surface area contributed by atoms with Gasteiger partial charge in [-0.25, -0.2) is 13.1 Å². The molecule has 25 heavy (non-hydrogen) atoms. The van der Waals surface area contributed by atoms with Crippen LogP contribution >= 0.6 is 0 Å². The van der Waals surface area contributed by atoms with Crippen molar-refractivity contribution in [3.05, 3.63) is 72.3 Å². The molecule has 0 heterocycles. The topological polar surface area (TPSA) is 95.5 Å². The molecule has 0 saturated heterocycles. The Hall–Kier alpha value is -2.64. The molecule has 0 aromatic heterocycles. The summed E-state index contributed by atoms with van der Waals surface area (Å²) in [5.41, 5.74) is 0.971. The van der Waals surface area contributed by atoms with Gasteiger partial charge in [-0.15, -0.1) is 6.58 Å². The van der Waals surface area contributed by atoms with E-state index >= 15 is 0 Å². The SMILES string of the molecule is C=CCNS(=O)(=O)c1cccc(C(=O)NC(C)c2cccc(O)c2)c1. The van der Waals surface area contributed by atoms with Crippen LogP contribution in [0.5, 0.6) is 5.75 Å². The molecular weight excluding hydrogens is 340 g/mol. The number of phenolic OH excluding ortho intramolecular Hbond substituents is 1. The van der Waals surface area contributed by atoms with Gasteiger partial charge in [-0.05, 0) is 42.8 Å². The molecule has 1 atom stereocenters. The first-order chi connectivity index (χ1) is 11.8. The Morgan fingerprint density at radius 1 is 1.24 bits per heavy atom. The minimum atomic E-state index is -3.70. The lowest BCUT2D eigenvalue weighted by molar-refractivity contribution is 0.0939. The van der Waals surface area contributed by atoms with E-state index in [0.717, 1.165) is 5.56 Å². The number of benzene rings is 2. The van der Waals surface area contributed by atoms with Crippen LogP contribution in [0, 0.1) is 0 Å². The van der Waals surface area contributed by atoms with Crippen LogP contribution in [0.3, 0.4) is 0 Å². The van der Waals surface area contributed by atoms with Crippen LogP contribution in [0.15, 0.2) is 66.1 Å². The number of phenols is 1. The van der Waals surface area contributed by atoms with Crippen molar-refractivity contribution in [3.8, 4) is 5.75 Å². The van der Waals surface area contributed by atoms with Crippen LogP contribution in [0.2, 0.25) is 0 Å². The predicted octanol–water partition coefficient (Wildman–Crippen LogP) is 2.35. The van der Waals surface area contributed by atoms with Crippen LogP contribution < -0.4 is 10.0 Å². The highest BCUT2D eigenvalue weighted by atomic mass is 32.2. The van der Waals surface area contributed by atoms with E-state index in [1.807, 2.05) is 0 Å². The van der Waals surface area contributed by atoms with Crippen molar-refractivity contribution in [2.24, 2.45) is 0 Å². The van der Waals surface area contributed by atoms with Crippen LogP contribution in [-0.4, -0.2) is 26.0 Å². The van der Waals surface area contributed by atoms with Gasteiger partial charge in [-0.2, -0.15) is 0 Å². The number of aromatic hydroxyl groups is 1. The molecule has 7 heteroatoms. The first-order valence-corrected chi connectivity index (χ1v) is 9.12. The Labute approximate surface area is 147 Å². The zero-order chi connectivity index (χ0) is 18.4. The molecule has 0 aliphatic rings. The van der Waals surface area contributed by atoms with Crippen LogP contribution in [0.25, 0.3) is 0 Å². The lowest BCUT2D eigenvalue weighted by atomic mass is 10.1. The van der Waals surface area contributed by atoms with E-state index in [2.05, 4.69) is 16.6 Å². The molecule has 2 aromatic rings. The summed E-state index contributed by atoms with van der Waals surface area (Å²) in [6.45, 7) is 5.34. The first-order valence-electron chi connectivity index (χ1n) is 7.64. The smallest absolute Gasteiger partial charge is 0.251 e. The highest BCUT2D eigenvalue weighted by Crippen LogP contribution is 2.19. The van der Waals surface area contributed by atoms with Crippen molar-refractivity contribution < 1.29 is 18.3 Å². The third kappa shape index (κ3) is 4.91. The summed E-state index contributed by atoms with van der Waals surface area (Å²) in [7, 11) is -3.70. The van der Waals surface area contributed by atoms with E-state index in [9.17, 15) is 18.3 Å². The highest BCUT2D eigenvalue weighted by Gasteiger charge is 2.17. The summed E-state index contributed by atoms with van der Waals surface area (Å²) >= 11 is 0. The Bertz CT molecular complexity index is 878. The largest absolute Gasteiger partial charge is 0.508 e. The molecule has 6 nitrogen and oxygen atoms in total. The van der Waals surface area contributed by atoms with E-state index in [4.69, 9.17) is 0 Å². The predicted molar refractivity (Wildman–Crippen MR) is 95.8 cm³/mol. The standard InChI is InChI=1S/C18H20N2O4S/c1-3-10-19-25(23,24)17-9-5-7-15(12-17)18(22)20-13(2)14-6-4-8-16(21)11-14/h3-9,11-13,19,21H,1,10H2,2H3,(H,20,22). The average molecular weight is 360 g/mol. The summed E-state index contributed by atoms with van der Waals surface area (Å²) in [6.07, 6.45) is 1.44. The van der Waals surface area contributed by atoms with Gasteiger partial charge in [0, 0.05) is 12.1 Å². The molecule has 0 bridgehead atoms. The maximum absolute atomic E-state index is 12.4. The maximum Gasteiger partial charge on any atom is 0.251 e. The minimum absolute atomic E-state index is 0.00649. The average Bonchev–Trinajstić information content (AvgIpc) is 2.60. The molecular formula is C18H20N2O4S. The summed E-state index contributed by atoms with van der Waals surface area (Å²) < 4.78 is 26.6. The number of hydrogen-bond donors (Lipinski definition) is 3. The molecule has 2 aromatic carbocycles. The van der Waals surface area contributed by atoms with Crippen molar-refractivity contribution >= 4 is 15.9 Å². The maximum atomic E-state index is 12.4. The number of hydrogen-bond acceptors (Lipinski definition) is 4. The van der Waals surface area contributed by atoms with Gasteiger partial charge in [0.1, 0.15) is 5.75 Å². The second-order valence-electron chi connectivity index (χ2n) is 5.46. The second kappa shape index (κ2) is 7.96. The third-order valence-corrected chi connectivity index (χ3v) is 4.96. The minimum Gasteiger partial charge on any atom is -0.508 e. The van der Waals surface area contributed by atoms with Gasteiger partial charge in [0.15, 0.2) is 0 Å². The lowest BCUT2D eigenvalue weighted by Gasteiger charge is -2.15. The normalized spacial score (nSPS) is 12.4. The number of carbonyl (C=O) groups is 1. The fraction of sp³-hybridized carbons (Fsp3) is 0.167. The molecule has 132 valence electrons. The van der Waals surface area contributed by atoms with Gasteiger partial charge in [-0.3, -0.25) is 4.79 Å². The van der Waals surface area contributed by atoms with Gasteiger partial charge in [0.05, 0.1) is 10.9 Å². The van der Waals surface area contributed by atoms with Gasteiger partial charge in [0.25, 0.3) is 5.91 Å². The van der Waals surface area contributed by atoms with Crippen molar-refractivity contribution in [2.45, 2.75) is 17.9 Å². The molecule has 0 fully saturated rings. The van der Waals surface area contributed by atoms with Gasteiger partial charge < -0.3 is 10.4 Å². The third-order valence-electron chi connectivity index (χ3n) is 3.54. The molecule has 0 spiro atoms. The van der Waals surface area contributed by atoms with Crippen LogP contribution in [-0.2, 0) is 10.0 Å². The molecule has 0 aliphatic heterocycles. The van der Waals surface area contributed by atoms with E-state index in [-0.39, 0.29) is 28.8 Å². The molecule has 3 N–H and O–H groups in total. The fourth-order valence-electron chi connectivity index (χ4n) is 2.21. The first kappa shape index (κ1) is 18.7. The van der Waals surface area contributed by atoms with E-state index < -0.39 is 15.9 Å². The summed E-state index contributed by atoms with van der Waals surface area (Å²) in [4.78, 5) is 12.4. The quantitative estimate of drug-likeness (QED) is 0.661. The number of carbonyl (C=O) groups excluding carboxylic acids is 1. The molecule has 1 unspecified atom stereocenters. The van der Waals surface area contributed by atoms with Crippen LogP contribution in [0.4, 0.5) is 0 Å². The fourth-order valence-corrected chi connectivity index (χ4v) is 3.26. The lowest BCUT2D eigenvalue weighted by Crippen LogP contribution is -2.27. The highest BCUT2D eigenvalue weighted by molar-refractivity contribution is 7.89. The van der Waals surface area contributed by atoms with Gasteiger partial charge >= 0.3 is 0 Å². The molecule has 2 rings (SSSR count). The molecule has 1 amide bonds. The zero-order valence-electron chi connectivity index (χ0n) is 13.8. The van der Waals surface area contributed by atoms with Crippen molar-refractivity contribution in [2.75, 3.05) is 6.54 Å². The molecule has 0 aliphatic carbocycles. The molecule has 0 radical (unpaired) electrons. The Morgan fingerprint density at radius 3 is 2.64 bits per heavy atom. The van der Waals surface area contributed by atoms with Crippen molar-refractivity contribution in [3.63, 3.8) is 0 Å². The summed E-state index contributed by atoms with van der Waals surface area (Å²) in [5.74, 6) is -0.295. The van der Waals surface area contributed by atoms with Crippen molar-refractivity contribution in [1.29, 1.82) is 0 Å². The summed E-state index contributed by atoms with van der Waals surface area (Å²) in [5, 5.41) is 12.3. The van der Waals surface area contributed by atoms with Crippen LogP contribution in [0.1, 0.15) is 28.9 Å². The number of nitrogens with one attached hydrogen (secondary N) is 2. The van der Waals surface area contributed by atoms with E-state index in [0.29, 0.717) is 0 Å². The Morgan fingerprint density at radius 2 is 1.96 bits per heavy atom. The van der Waals surface area contributed by atoms with E-state index in [1.165, 1.54) is 30.3 Å². The van der Waals surface area contributed by atoms with Crippen molar-refractivity contribution in [1.82, 2.24) is 10.0 Å². The molecule has 0 saturated carbocycles. The Kier molecular flexibility index (Phi) is 5.95. The Balaban J connectivity index is 2.17. The number of rotatable bonds is 7. The number of sulfonamides is 1. The van der Waals surface area contributed by atoms with Gasteiger partial charge in [-0.1, -0.05) is 24.3 Å².